The third-order valence-corrected chi connectivity index (χ3v) is 8.52. The second kappa shape index (κ2) is 8.62. The average Bonchev–Trinajstić information content (AvgIpc) is 3.54. The summed E-state index contributed by atoms with van der Waals surface area (Å²) in [4.78, 5) is 26.2. The number of rotatable bonds is 4. The third-order valence-electron chi connectivity index (χ3n) is 8.52. The fourth-order valence-corrected chi connectivity index (χ4v) is 6.81. The number of esters is 2. The van der Waals surface area contributed by atoms with E-state index < -0.39 is 12.2 Å². The second-order valence-electron chi connectivity index (χ2n) is 11.6. The summed E-state index contributed by atoms with van der Waals surface area (Å²) in [6.45, 7) is 6.72. The second-order valence-corrected chi connectivity index (χ2v) is 11.6. The molecule has 3 aliphatic rings. The Morgan fingerprint density at radius 2 is 1.28 bits per heavy atom. The zero-order valence-corrected chi connectivity index (χ0v) is 21.0. The third kappa shape index (κ3) is 3.84. The molecule has 0 aliphatic heterocycles. The summed E-state index contributed by atoms with van der Waals surface area (Å²) in [5, 5.41) is 0. The maximum absolute atomic E-state index is 13.1. The van der Waals surface area contributed by atoms with Crippen LogP contribution in [0.2, 0.25) is 0 Å². The van der Waals surface area contributed by atoms with Crippen molar-refractivity contribution in [3.05, 3.63) is 107 Å². The van der Waals surface area contributed by atoms with Crippen LogP contribution in [0.25, 0.3) is 0 Å². The van der Waals surface area contributed by atoms with Gasteiger partial charge < -0.3 is 9.47 Å². The molecule has 6 atom stereocenters. The van der Waals surface area contributed by atoms with Crippen LogP contribution >= 0.6 is 0 Å². The number of hydrogen-bond acceptors (Lipinski definition) is 4. The summed E-state index contributed by atoms with van der Waals surface area (Å²) in [6.07, 6.45) is 1.01. The molecule has 0 heterocycles. The Bertz CT molecular complexity index is 1290. The molecule has 0 aromatic heterocycles. The lowest BCUT2D eigenvalue weighted by Gasteiger charge is -2.37. The van der Waals surface area contributed by atoms with E-state index in [4.69, 9.17) is 9.47 Å². The van der Waals surface area contributed by atoms with Crippen LogP contribution in [0.4, 0.5) is 0 Å². The molecule has 0 N–H and O–H groups in total. The first kappa shape index (κ1) is 23.0. The SMILES string of the molecule is CC(C)(C)c1ccc2c(c1)C1C(C2)C2CC1C(OC(=O)c1ccccc1)C2OC(=O)c1ccccc1. The Labute approximate surface area is 212 Å². The van der Waals surface area contributed by atoms with E-state index in [1.165, 1.54) is 16.7 Å². The Kier molecular flexibility index (Phi) is 5.51. The van der Waals surface area contributed by atoms with Crippen molar-refractivity contribution in [3.8, 4) is 0 Å². The predicted molar refractivity (Wildman–Crippen MR) is 138 cm³/mol. The molecule has 0 radical (unpaired) electrons. The monoisotopic (exact) mass is 480 g/mol. The van der Waals surface area contributed by atoms with Gasteiger partial charge in [-0.2, -0.15) is 0 Å². The molecule has 6 unspecified atom stereocenters. The van der Waals surface area contributed by atoms with Gasteiger partial charge in [-0.3, -0.25) is 0 Å². The van der Waals surface area contributed by atoms with Gasteiger partial charge in [0.15, 0.2) is 0 Å². The van der Waals surface area contributed by atoms with Crippen molar-refractivity contribution in [1.82, 2.24) is 0 Å². The van der Waals surface area contributed by atoms with Gasteiger partial charge in [-0.1, -0.05) is 75.4 Å². The van der Waals surface area contributed by atoms with Crippen LogP contribution in [-0.4, -0.2) is 24.1 Å². The van der Waals surface area contributed by atoms with Crippen LogP contribution in [-0.2, 0) is 21.3 Å². The summed E-state index contributed by atoms with van der Waals surface area (Å²) >= 11 is 0. The summed E-state index contributed by atoms with van der Waals surface area (Å²) in [6, 6.07) is 25.1. The first-order valence-corrected chi connectivity index (χ1v) is 13.0. The molecule has 2 fully saturated rings. The first-order chi connectivity index (χ1) is 17.3. The Morgan fingerprint density at radius 3 is 1.83 bits per heavy atom. The van der Waals surface area contributed by atoms with Gasteiger partial charge in [0.1, 0.15) is 12.2 Å². The average molecular weight is 481 g/mol. The number of ether oxygens (including phenoxy) is 2. The molecule has 0 saturated heterocycles. The molecule has 6 rings (SSSR count). The van der Waals surface area contributed by atoms with E-state index in [1.807, 2.05) is 36.4 Å². The topological polar surface area (TPSA) is 52.6 Å². The minimum atomic E-state index is -0.458. The number of fused-ring (bicyclic) bond motifs is 7. The Hall–Kier alpha value is -3.40. The first-order valence-electron chi connectivity index (χ1n) is 13.0. The fourth-order valence-electron chi connectivity index (χ4n) is 6.81. The van der Waals surface area contributed by atoms with Crippen LogP contribution in [0, 0.1) is 17.8 Å². The van der Waals surface area contributed by atoms with Crippen molar-refractivity contribution in [2.24, 2.45) is 17.8 Å². The van der Waals surface area contributed by atoms with Crippen molar-refractivity contribution in [2.45, 2.75) is 57.2 Å². The zero-order valence-electron chi connectivity index (χ0n) is 21.0. The van der Waals surface area contributed by atoms with E-state index in [0.717, 1.165) is 12.8 Å². The van der Waals surface area contributed by atoms with Crippen molar-refractivity contribution >= 4 is 11.9 Å². The fraction of sp³-hybridized carbons (Fsp3) is 0.375. The number of carbonyl (C=O) groups is 2. The highest BCUT2D eigenvalue weighted by Crippen LogP contribution is 2.63. The predicted octanol–water partition coefficient (Wildman–Crippen LogP) is 6.34. The van der Waals surface area contributed by atoms with E-state index in [0.29, 0.717) is 23.0 Å². The van der Waals surface area contributed by atoms with Crippen molar-refractivity contribution in [3.63, 3.8) is 0 Å². The van der Waals surface area contributed by atoms with Crippen molar-refractivity contribution in [1.29, 1.82) is 0 Å². The Morgan fingerprint density at radius 1 is 0.722 bits per heavy atom. The molecule has 3 aliphatic carbocycles. The largest absolute Gasteiger partial charge is 0.455 e. The van der Waals surface area contributed by atoms with Gasteiger partial charge in [0.25, 0.3) is 0 Å². The van der Waals surface area contributed by atoms with Gasteiger partial charge in [0, 0.05) is 11.8 Å². The molecule has 0 amide bonds. The van der Waals surface area contributed by atoms with Crippen LogP contribution in [0.5, 0.6) is 0 Å². The molecular formula is C32H32O4. The molecule has 0 spiro atoms. The highest BCUT2D eigenvalue weighted by Gasteiger charge is 2.63. The summed E-state index contributed by atoms with van der Waals surface area (Å²) in [5.41, 5.74) is 5.22. The smallest absolute Gasteiger partial charge is 0.338 e. The lowest BCUT2D eigenvalue weighted by molar-refractivity contribution is -0.0698. The van der Waals surface area contributed by atoms with Gasteiger partial charge in [-0.25, -0.2) is 9.59 Å². The van der Waals surface area contributed by atoms with Crippen LogP contribution < -0.4 is 0 Å². The summed E-state index contributed by atoms with van der Waals surface area (Å²) < 4.78 is 12.3. The van der Waals surface area contributed by atoms with Crippen molar-refractivity contribution < 1.29 is 19.1 Å². The standard InChI is InChI=1S/C32H32O4/c1-32(2,3)22-15-14-21-16-24-25-18-26(27(24)23(21)17-22)29(36-31(34)20-12-8-5-9-13-20)28(25)35-30(33)19-10-6-4-7-11-19/h4-15,17,24-29H,16,18H2,1-3H3. The maximum atomic E-state index is 13.1. The number of hydrogen-bond donors (Lipinski definition) is 0. The molecular weight excluding hydrogens is 448 g/mol. The molecule has 4 heteroatoms. The lowest BCUT2D eigenvalue weighted by atomic mass is 9.76. The molecule has 3 aromatic rings. The normalized spacial score (nSPS) is 27.9. The van der Waals surface area contributed by atoms with Gasteiger partial charge in [-0.05, 0) is 71.0 Å². The summed E-state index contributed by atoms with van der Waals surface area (Å²) in [5.74, 6) is 0.334. The zero-order chi connectivity index (χ0) is 25.0. The highest BCUT2D eigenvalue weighted by molar-refractivity contribution is 5.90. The van der Waals surface area contributed by atoms with Crippen molar-refractivity contribution in [2.75, 3.05) is 0 Å². The van der Waals surface area contributed by atoms with E-state index in [2.05, 4.69) is 39.0 Å². The number of benzene rings is 3. The molecule has 2 saturated carbocycles. The minimum Gasteiger partial charge on any atom is -0.455 e. The van der Waals surface area contributed by atoms with E-state index in [1.54, 1.807) is 24.3 Å². The quantitative estimate of drug-likeness (QED) is 0.409. The van der Waals surface area contributed by atoms with E-state index >= 15 is 0 Å². The van der Waals surface area contributed by atoms with Crippen LogP contribution in [0.15, 0.2) is 78.9 Å². The lowest BCUT2D eigenvalue weighted by Crippen LogP contribution is -2.45. The van der Waals surface area contributed by atoms with Crippen LogP contribution in [0.1, 0.15) is 70.5 Å². The molecule has 2 bridgehead atoms. The highest BCUT2D eigenvalue weighted by atomic mass is 16.6. The minimum absolute atomic E-state index is 0.0671. The van der Waals surface area contributed by atoms with Gasteiger partial charge in [0.2, 0.25) is 0 Å². The molecule has 36 heavy (non-hydrogen) atoms. The summed E-state index contributed by atoms with van der Waals surface area (Å²) in [7, 11) is 0. The van der Waals surface area contributed by atoms with Gasteiger partial charge in [-0.15, -0.1) is 0 Å². The Balaban J connectivity index is 1.33. The maximum Gasteiger partial charge on any atom is 0.338 e. The molecule has 4 nitrogen and oxygen atoms in total. The molecule has 184 valence electrons. The van der Waals surface area contributed by atoms with Gasteiger partial charge >= 0.3 is 11.9 Å². The molecule has 3 aromatic carbocycles. The van der Waals surface area contributed by atoms with Crippen LogP contribution in [0.3, 0.4) is 0 Å². The van der Waals surface area contributed by atoms with E-state index in [-0.39, 0.29) is 29.2 Å². The van der Waals surface area contributed by atoms with Gasteiger partial charge in [0.05, 0.1) is 11.1 Å². The number of carbonyl (C=O) groups excluding carboxylic acids is 2. The van der Waals surface area contributed by atoms with E-state index in [9.17, 15) is 9.59 Å².